The predicted molar refractivity (Wildman–Crippen MR) is 146 cm³/mol. The van der Waals surface area contributed by atoms with Crippen LogP contribution in [-0.4, -0.2) is 29.1 Å². The van der Waals surface area contributed by atoms with Gasteiger partial charge in [-0.1, -0.05) is 44.9 Å². The van der Waals surface area contributed by atoms with Crippen LogP contribution < -0.4 is 15.0 Å². The average molecular weight is 504 g/mol. The van der Waals surface area contributed by atoms with E-state index in [1.165, 1.54) is 43.0 Å². The number of carboxylic acid groups (broad SMARTS) is 1. The minimum atomic E-state index is -1.26. The van der Waals surface area contributed by atoms with Crippen LogP contribution in [0.2, 0.25) is 0 Å². The maximum absolute atomic E-state index is 11.7. The molecule has 0 bridgehead atoms. The Bertz CT molecular complexity index is 1280. The second kappa shape index (κ2) is 11.8. The van der Waals surface area contributed by atoms with Gasteiger partial charge in [-0.05, 0) is 61.1 Å². The summed E-state index contributed by atoms with van der Waals surface area (Å²) in [4.78, 5) is 24.8. The van der Waals surface area contributed by atoms with Crippen molar-refractivity contribution in [2.24, 2.45) is 0 Å². The van der Waals surface area contributed by atoms with Crippen molar-refractivity contribution >= 4 is 28.7 Å². The molecule has 0 atom stereocenters. The molecule has 0 fully saturated rings. The van der Waals surface area contributed by atoms with Gasteiger partial charge in [0, 0.05) is 24.8 Å². The topological polar surface area (TPSA) is 105 Å². The Balaban J connectivity index is 1.49. The van der Waals surface area contributed by atoms with Crippen LogP contribution in [0, 0.1) is 10.1 Å². The summed E-state index contributed by atoms with van der Waals surface area (Å²) < 4.78 is 5.94. The fraction of sp³-hybridized carbons (Fsp3) is 0.345. The van der Waals surface area contributed by atoms with Gasteiger partial charge in [0.2, 0.25) is 0 Å². The smallest absolute Gasteiger partial charge is 0.338 e. The predicted octanol–water partition coefficient (Wildman–Crippen LogP) is 7.33. The number of fused-ring (bicyclic) bond motifs is 2. The zero-order valence-electron chi connectivity index (χ0n) is 21.3. The number of carboxylic acids is 1. The molecule has 0 saturated carbocycles. The van der Waals surface area contributed by atoms with Crippen molar-refractivity contribution in [2.75, 3.05) is 23.3 Å². The molecule has 1 aliphatic heterocycles. The summed E-state index contributed by atoms with van der Waals surface area (Å²) in [5.41, 5.74) is 3.90. The number of unbranched alkanes of at least 4 members (excludes halogenated alkanes) is 2. The minimum Gasteiger partial charge on any atom is -0.478 e. The number of anilines is 3. The minimum absolute atomic E-state index is 0.128. The lowest BCUT2D eigenvalue weighted by Crippen LogP contribution is -2.25. The number of non-ortho nitro benzene ring substituents is 1. The molecule has 0 amide bonds. The third-order valence-electron chi connectivity index (χ3n) is 6.60. The van der Waals surface area contributed by atoms with Crippen LogP contribution in [-0.2, 0) is 12.8 Å². The SMILES string of the molecule is CCCCN(CCCC)c1cccc(CCc2ccc3c(c2)Oc2cc([N+](=O)[O-])cc(C(=O)O)c2N3)c1. The molecule has 1 aliphatic rings. The molecule has 0 aromatic heterocycles. The van der Waals surface area contributed by atoms with Crippen LogP contribution >= 0.6 is 0 Å². The molecule has 0 saturated heterocycles. The number of aryl methyl sites for hydroxylation is 2. The molecule has 0 aliphatic carbocycles. The van der Waals surface area contributed by atoms with E-state index in [0.29, 0.717) is 11.4 Å². The van der Waals surface area contributed by atoms with Crippen molar-refractivity contribution in [1.29, 1.82) is 0 Å². The molecule has 8 nitrogen and oxygen atoms in total. The second-order valence-corrected chi connectivity index (χ2v) is 9.35. The molecular weight excluding hydrogens is 470 g/mol. The van der Waals surface area contributed by atoms with E-state index in [1.54, 1.807) is 0 Å². The van der Waals surface area contributed by atoms with E-state index in [-0.39, 0.29) is 22.7 Å². The van der Waals surface area contributed by atoms with E-state index in [4.69, 9.17) is 4.74 Å². The van der Waals surface area contributed by atoms with E-state index in [1.807, 2.05) is 18.2 Å². The average Bonchev–Trinajstić information content (AvgIpc) is 2.90. The largest absolute Gasteiger partial charge is 0.478 e. The standard InChI is InChI=1S/C29H33N3O5/c1-3-5-14-31(15-6-4-2)22-9-7-8-20(16-22)10-11-21-12-13-25-26(17-21)37-27-19-23(32(35)36)18-24(29(33)34)28(27)30-25/h7-9,12-13,16-19,30H,3-6,10-11,14-15H2,1-2H3,(H,33,34). The van der Waals surface area contributed by atoms with Crippen LogP contribution in [0.5, 0.6) is 11.5 Å². The van der Waals surface area contributed by atoms with Gasteiger partial charge in [-0.25, -0.2) is 4.79 Å². The van der Waals surface area contributed by atoms with E-state index in [9.17, 15) is 20.0 Å². The molecule has 3 aromatic carbocycles. The Hall–Kier alpha value is -4.07. The first-order valence-electron chi connectivity index (χ1n) is 12.9. The third-order valence-corrected chi connectivity index (χ3v) is 6.60. The molecule has 0 radical (unpaired) electrons. The summed E-state index contributed by atoms with van der Waals surface area (Å²) in [6, 6.07) is 16.8. The summed E-state index contributed by atoms with van der Waals surface area (Å²) in [6.45, 7) is 6.57. The molecule has 3 aromatic rings. The van der Waals surface area contributed by atoms with E-state index in [2.05, 4.69) is 48.3 Å². The first kappa shape index (κ1) is 26.0. The summed E-state index contributed by atoms with van der Waals surface area (Å²) in [5, 5.41) is 23.9. The Morgan fingerprint density at radius 1 is 0.973 bits per heavy atom. The van der Waals surface area contributed by atoms with Crippen LogP contribution in [0.1, 0.15) is 61.0 Å². The van der Waals surface area contributed by atoms with Gasteiger partial charge < -0.3 is 20.1 Å². The van der Waals surface area contributed by atoms with E-state index >= 15 is 0 Å². The van der Waals surface area contributed by atoms with Crippen molar-refractivity contribution in [3.8, 4) is 11.5 Å². The number of benzene rings is 3. The number of aromatic carboxylic acids is 1. The van der Waals surface area contributed by atoms with Crippen molar-refractivity contribution < 1.29 is 19.6 Å². The van der Waals surface area contributed by atoms with Crippen molar-refractivity contribution in [2.45, 2.75) is 52.4 Å². The number of nitro groups is 1. The maximum Gasteiger partial charge on any atom is 0.338 e. The lowest BCUT2D eigenvalue weighted by Gasteiger charge is -2.25. The van der Waals surface area contributed by atoms with E-state index < -0.39 is 10.9 Å². The van der Waals surface area contributed by atoms with Gasteiger partial charge in [0.25, 0.3) is 5.69 Å². The summed E-state index contributed by atoms with van der Waals surface area (Å²) in [7, 11) is 0. The highest BCUT2D eigenvalue weighted by Gasteiger charge is 2.26. The van der Waals surface area contributed by atoms with Gasteiger partial charge in [-0.2, -0.15) is 0 Å². The normalized spacial score (nSPS) is 11.6. The Morgan fingerprint density at radius 3 is 2.32 bits per heavy atom. The van der Waals surface area contributed by atoms with Crippen LogP contribution in [0.25, 0.3) is 0 Å². The van der Waals surface area contributed by atoms with Crippen LogP contribution in [0.4, 0.5) is 22.7 Å². The van der Waals surface area contributed by atoms with Gasteiger partial charge >= 0.3 is 5.97 Å². The first-order chi connectivity index (χ1) is 17.9. The molecule has 194 valence electrons. The Kier molecular flexibility index (Phi) is 8.28. The molecule has 4 rings (SSSR count). The fourth-order valence-corrected chi connectivity index (χ4v) is 4.51. The van der Waals surface area contributed by atoms with Gasteiger partial charge in [0.1, 0.15) is 0 Å². The van der Waals surface area contributed by atoms with Gasteiger partial charge in [0.15, 0.2) is 11.5 Å². The number of carbonyl (C=O) groups is 1. The maximum atomic E-state index is 11.7. The van der Waals surface area contributed by atoms with Gasteiger partial charge in [-0.3, -0.25) is 10.1 Å². The number of hydrogen-bond acceptors (Lipinski definition) is 6. The summed E-state index contributed by atoms with van der Waals surface area (Å²) in [5.74, 6) is -0.620. The molecule has 2 N–H and O–H groups in total. The number of ether oxygens (including phenoxy) is 1. The number of hydrogen-bond donors (Lipinski definition) is 2. The Morgan fingerprint density at radius 2 is 1.68 bits per heavy atom. The fourth-order valence-electron chi connectivity index (χ4n) is 4.51. The Labute approximate surface area is 217 Å². The van der Waals surface area contributed by atoms with Crippen molar-refractivity contribution in [3.63, 3.8) is 0 Å². The van der Waals surface area contributed by atoms with Gasteiger partial charge in [0.05, 0.1) is 27.9 Å². The van der Waals surface area contributed by atoms with Gasteiger partial charge in [-0.15, -0.1) is 0 Å². The highest BCUT2D eigenvalue weighted by molar-refractivity contribution is 5.99. The van der Waals surface area contributed by atoms with Crippen LogP contribution in [0.3, 0.4) is 0 Å². The lowest BCUT2D eigenvalue weighted by molar-refractivity contribution is -0.384. The number of rotatable bonds is 12. The summed E-state index contributed by atoms with van der Waals surface area (Å²) >= 11 is 0. The molecular formula is C29H33N3O5. The van der Waals surface area contributed by atoms with Crippen LogP contribution in [0.15, 0.2) is 54.6 Å². The molecule has 0 spiro atoms. The molecule has 1 heterocycles. The zero-order chi connectivity index (χ0) is 26.4. The number of nitrogens with one attached hydrogen (secondary N) is 1. The first-order valence-corrected chi connectivity index (χ1v) is 12.9. The second-order valence-electron chi connectivity index (χ2n) is 9.35. The molecule has 0 unspecified atom stereocenters. The monoisotopic (exact) mass is 503 g/mol. The highest BCUT2D eigenvalue weighted by atomic mass is 16.6. The summed E-state index contributed by atoms with van der Waals surface area (Å²) in [6.07, 6.45) is 6.36. The number of nitrogens with zero attached hydrogens (tertiary/aromatic N) is 2. The number of nitro benzene ring substituents is 1. The highest BCUT2D eigenvalue weighted by Crippen LogP contribution is 2.45. The molecule has 37 heavy (non-hydrogen) atoms. The van der Waals surface area contributed by atoms with Crippen molar-refractivity contribution in [3.05, 3.63) is 81.4 Å². The lowest BCUT2D eigenvalue weighted by atomic mass is 10.0. The molecule has 8 heteroatoms. The van der Waals surface area contributed by atoms with E-state index in [0.717, 1.165) is 37.6 Å². The third kappa shape index (κ3) is 6.20. The quantitative estimate of drug-likeness (QED) is 0.154. The van der Waals surface area contributed by atoms with Crippen molar-refractivity contribution in [1.82, 2.24) is 0 Å². The zero-order valence-corrected chi connectivity index (χ0v) is 21.3.